The Morgan fingerprint density at radius 1 is 0.304 bits per heavy atom. The number of ether oxygens (including phenoxy) is 4. The quantitative estimate of drug-likeness (QED) is 0.0222. The highest BCUT2D eigenvalue weighted by molar-refractivity contribution is 7.47. The molecule has 0 heterocycles. The highest BCUT2D eigenvalue weighted by Crippen LogP contribution is 2.45. The summed E-state index contributed by atoms with van der Waals surface area (Å²) < 4.78 is 68.4. The van der Waals surface area contributed by atoms with E-state index < -0.39 is 97.5 Å². The maximum Gasteiger partial charge on any atom is 0.472 e. The van der Waals surface area contributed by atoms with Gasteiger partial charge >= 0.3 is 39.5 Å². The molecular weight excluding hydrogens is 1210 g/mol. The molecule has 19 heteroatoms. The fourth-order valence-corrected chi connectivity index (χ4v) is 12.6. The van der Waals surface area contributed by atoms with Gasteiger partial charge in [-0.15, -0.1) is 0 Å². The number of aliphatic hydroxyl groups is 1. The molecule has 6 atom stereocenters. The van der Waals surface area contributed by atoms with Crippen molar-refractivity contribution in [1.29, 1.82) is 0 Å². The summed E-state index contributed by atoms with van der Waals surface area (Å²) >= 11 is 0. The molecule has 3 N–H and O–H groups in total. The van der Waals surface area contributed by atoms with Gasteiger partial charge in [-0.2, -0.15) is 0 Å². The van der Waals surface area contributed by atoms with Gasteiger partial charge in [0.25, 0.3) is 0 Å². The molecule has 3 unspecified atom stereocenters. The predicted molar refractivity (Wildman–Crippen MR) is 372 cm³/mol. The molecule has 17 nitrogen and oxygen atoms in total. The van der Waals surface area contributed by atoms with Crippen LogP contribution < -0.4 is 0 Å². The van der Waals surface area contributed by atoms with E-state index in [1.165, 1.54) is 161 Å². The van der Waals surface area contributed by atoms with E-state index in [2.05, 4.69) is 55.4 Å². The molecule has 0 saturated carbocycles. The first-order valence-electron chi connectivity index (χ1n) is 37.7. The van der Waals surface area contributed by atoms with Crippen molar-refractivity contribution in [2.24, 2.45) is 23.7 Å². The van der Waals surface area contributed by atoms with Crippen molar-refractivity contribution < 1.29 is 80.2 Å². The van der Waals surface area contributed by atoms with E-state index in [4.69, 9.17) is 37.0 Å². The summed E-state index contributed by atoms with van der Waals surface area (Å²) in [6, 6.07) is 0. The fraction of sp³-hybridized carbons (Fsp3) is 0.945. The van der Waals surface area contributed by atoms with Crippen LogP contribution in [0.4, 0.5) is 0 Å². The molecule has 0 aliphatic carbocycles. The molecular formula is C73H142O17P2. The van der Waals surface area contributed by atoms with E-state index in [1.807, 2.05) is 0 Å². The Morgan fingerprint density at radius 3 is 0.772 bits per heavy atom. The number of carbonyl (C=O) groups is 4. The third-order valence-electron chi connectivity index (χ3n) is 17.2. The normalized spacial score (nSPS) is 14.5. The van der Waals surface area contributed by atoms with Gasteiger partial charge in [0.2, 0.25) is 0 Å². The molecule has 0 aliphatic heterocycles. The van der Waals surface area contributed by atoms with Crippen molar-refractivity contribution in [2.45, 2.75) is 382 Å². The standard InChI is InChI=1S/C73H142O17P2/c1-9-66(8)52-44-36-31-32-38-46-54-71(76)84-60-69(90-73(78)56-48-40-30-24-23-27-35-43-51-65(6)7)62-88-92(81,82)86-58-67(74)57-85-91(79,80)87-61-68(59-83-70(75)53-45-37-28-21-17-14-13-16-20-26-34-42-50-64(4)5)89-72(77)55-47-39-29-22-18-12-10-11-15-19-25-33-41-49-63(2)3/h63-69,74H,9-62H2,1-8H3,(H,79,80)(H,81,82)/t66?,67-,68-,69-/m1/s1. The smallest absolute Gasteiger partial charge is 0.462 e. The van der Waals surface area contributed by atoms with E-state index in [9.17, 15) is 43.2 Å². The van der Waals surface area contributed by atoms with Crippen molar-refractivity contribution in [3.05, 3.63) is 0 Å². The summed E-state index contributed by atoms with van der Waals surface area (Å²) in [6.45, 7) is 14.1. The number of phosphoric ester groups is 2. The summed E-state index contributed by atoms with van der Waals surface area (Å²) in [6.07, 6.45) is 45.9. The molecule has 0 aliphatic rings. The largest absolute Gasteiger partial charge is 0.472 e. The van der Waals surface area contributed by atoms with Crippen LogP contribution in [0.5, 0.6) is 0 Å². The van der Waals surface area contributed by atoms with Gasteiger partial charge in [0.1, 0.15) is 19.3 Å². The first-order valence-corrected chi connectivity index (χ1v) is 40.7. The lowest BCUT2D eigenvalue weighted by molar-refractivity contribution is -0.161. The molecule has 0 rings (SSSR count). The molecule has 92 heavy (non-hydrogen) atoms. The molecule has 0 aromatic rings. The van der Waals surface area contributed by atoms with Crippen LogP contribution in [0.25, 0.3) is 0 Å². The van der Waals surface area contributed by atoms with E-state index in [0.717, 1.165) is 120 Å². The van der Waals surface area contributed by atoms with E-state index in [0.29, 0.717) is 25.7 Å². The Morgan fingerprint density at radius 2 is 0.522 bits per heavy atom. The van der Waals surface area contributed by atoms with Crippen LogP contribution in [-0.2, 0) is 65.4 Å². The summed E-state index contributed by atoms with van der Waals surface area (Å²) in [7, 11) is -9.91. The number of hydrogen-bond acceptors (Lipinski definition) is 15. The third kappa shape index (κ3) is 65.4. The Bertz CT molecular complexity index is 1820. The molecule has 0 aromatic heterocycles. The third-order valence-corrected chi connectivity index (χ3v) is 19.1. The number of hydrogen-bond donors (Lipinski definition) is 3. The van der Waals surface area contributed by atoms with Gasteiger partial charge in [-0.05, 0) is 49.4 Å². The van der Waals surface area contributed by atoms with Gasteiger partial charge in [0.15, 0.2) is 12.2 Å². The Balaban J connectivity index is 5.26. The van der Waals surface area contributed by atoms with Crippen molar-refractivity contribution in [3.8, 4) is 0 Å². The lowest BCUT2D eigenvalue weighted by Gasteiger charge is -2.21. The minimum Gasteiger partial charge on any atom is -0.462 e. The molecule has 0 saturated heterocycles. The van der Waals surface area contributed by atoms with Crippen molar-refractivity contribution in [1.82, 2.24) is 0 Å². The number of phosphoric acid groups is 2. The van der Waals surface area contributed by atoms with Crippen molar-refractivity contribution in [3.63, 3.8) is 0 Å². The second kappa shape index (κ2) is 62.6. The van der Waals surface area contributed by atoms with Crippen LogP contribution in [0.3, 0.4) is 0 Å². The zero-order chi connectivity index (χ0) is 68.2. The SMILES string of the molecule is CCC(C)CCCCCCCCC(=O)OC[C@H](COP(=O)(O)OC[C@H](O)COP(=O)(O)OC[C@@H](COC(=O)CCCCCCCCCCCCCCC(C)C)OC(=O)CCCCCCCCCCCCCCCC(C)C)OC(=O)CCCCCCCCCCC(C)C. The Kier molecular flexibility index (Phi) is 61.3. The highest BCUT2D eigenvalue weighted by atomic mass is 31.2. The van der Waals surface area contributed by atoms with Gasteiger partial charge < -0.3 is 33.8 Å². The second-order valence-electron chi connectivity index (χ2n) is 28.0. The molecule has 0 spiro atoms. The van der Waals surface area contributed by atoms with Gasteiger partial charge in [0, 0.05) is 25.7 Å². The molecule has 546 valence electrons. The Labute approximate surface area is 562 Å². The number of unbranched alkanes of at least 4 members (excludes halogenated alkanes) is 35. The minimum atomic E-state index is -4.96. The molecule has 0 radical (unpaired) electrons. The topological polar surface area (TPSA) is 237 Å². The first-order chi connectivity index (χ1) is 44.1. The van der Waals surface area contributed by atoms with Crippen molar-refractivity contribution >= 4 is 39.5 Å². The Hall–Kier alpha value is -1.94. The van der Waals surface area contributed by atoms with E-state index in [1.54, 1.807) is 0 Å². The molecule has 0 bridgehead atoms. The van der Waals surface area contributed by atoms with Crippen molar-refractivity contribution in [2.75, 3.05) is 39.6 Å². The summed E-state index contributed by atoms with van der Waals surface area (Å²) in [5.74, 6) is 0.891. The molecule has 0 fully saturated rings. The van der Waals surface area contributed by atoms with Crippen LogP contribution in [0.2, 0.25) is 0 Å². The lowest BCUT2D eigenvalue weighted by Crippen LogP contribution is -2.30. The second-order valence-corrected chi connectivity index (χ2v) is 30.9. The molecule has 0 aromatic carbocycles. The summed E-state index contributed by atoms with van der Waals surface area (Å²) in [5.41, 5.74) is 0. The summed E-state index contributed by atoms with van der Waals surface area (Å²) in [5, 5.41) is 10.6. The maximum atomic E-state index is 13.1. The zero-order valence-electron chi connectivity index (χ0n) is 60.2. The van der Waals surface area contributed by atoms with Crippen LogP contribution >= 0.6 is 15.6 Å². The van der Waals surface area contributed by atoms with Gasteiger partial charge in [0.05, 0.1) is 26.4 Å². The summed E-state index contributed by atoms with van der Waals surface area (Å²) in [4.78, 5) is 72.7. The van der Waals surface area contributed by atoms with Crippen LogP contribution in [-0.4, -0.2) is 96.7 Å². The maximum absolute atomic E-state index is 13.1. The van der Waals surface area contributed by atoms with E-state index in [-0.39, 0.29) is 25.7 Å². The highest BCUT2D eigenvalue weighted by Gasteiger charge is 2.30. The van der Waals surface area contributed by atoms with Gasteiger partial charge in [-0.1, -0.05) is 312 Å². The number of rotatable bonds is 70. The monoisotopic (exact) mass is 1350 g/mol. The van der Waals surface area contributed by atoms with Crippen LogP contribution in [0.15, 0.2) is 0 Å². The van der Waals surface area contributed by atoms with Gasteiger partial charge in [-0.25, -0.2) is 9.13 Å². The fourth-order valence-electron chi connectivity index (χ4n) is 11.0. The number of esters is 4. The molecule has 0 amide bonds. The number of aliphatic hydroxyl groups excluding tert-OH is 1. The average Bonchev–Trinajstić information content (AvgIpc) is 3.62. The zero-order valence-corrected chi connectivity index (χ0v) is 62.0. The predicted octanol–water partition coefficient (Wildman–Crippen LogP) is 20.9. The van der Waals surface area contributed by atoms with Crippen LogP contribution in [0, 0.1) is 23.7 Å². The minimum absolute atomic E-state index is 0.103. The van der Waals surface area contributed by atoms with Crippen LogP contribution in [0.1, 0.15) is 364 Å². The number of carbonyl (C=O) groups excluding carboxylic acids is 4. The van der Waals surface area contributed by atoms with E-state index >= 15 is 0 Å². The average molecular weight is 1350 g/mol. The van der Waals surface area contributed by atoms with Gasteiger partial charge in [-0.3, -0.25) is 37.3 Å². The lowest BCUT2D eigenvalue weighted by atomic mass is 10.00. The first kappa shape index (κ1) is 90.1.